The summed E-state index contributed by atoms with van der Waals surface area (Å²) in [6, 6.07) is 4.92. The van der Waals surface area contributed by atoms with Gasteiger partial charge in [0.15, 0.2) is 5.78 Å². The smallest absolute Gasteiger partial charge is 0.250 e. The molecule has 1 aromatic rings. The van der Waals surface area contributed by atoms with E-state index in [0.717, 1.165) is 0 Å². The van der Waals surface area contributed by atoms with Gasteiger partial charge in [-0.1, -0.05) is 15.9 Å². The number of hydrogen-bond donors (Lipinski definition) is 1. The number of carbonyl (C=O) groups excluding carboxylic acids is 2. The third-order valence-corrected chi connectivity index (χ3v) is 2.78. The summed E-state index contributed by atoms with van der Waals surface area (Å²) in [5.74, 6) is 0.150. The maximum Gasteiger partial charge on any atom is 0.250 e. The van der Waals surface area contributed by atoms with Crippen molar-refractivity contribution in [1.29, 1.82) is 0 Å². The maximum absolute atomic E-state index is 11.6. The topological polar surface area (TPSA) is 64.6 Å². The summed E-state index contributed by atoms with van der Waals surface area (Å²) in [7, 11) is 1.45. The van der Waals surface area contributed by atoms with Crippen molar-refractivity contribution in [3.63, 3.8) is 0 Å². The van der Waals surface area contributed by atoms with Gasteiger partial charge in [-0.3, -0.25) is 9.59 Å². The summed E-state index contributed by atoms with van der Waals surface area (Å²) in [5.41, 5.74) is 1.06. The highest BCUT2D eigenvalue weighted by atomic mass is 79.9. The zero-order valence-corrected chi connectivity index (χ0v) is 12.5. The van der Waals surface area contributed by atoms with Crippen LogP contribution in [0.2, 0.25) is 0 Å². The van der Waals surface area contributed by atoms with Gasteiger partial charge in [0.1, 0.15) is 12.4 Å². The second-order valence-corrected chi connectivity index (χ2v) is 4.24. The van der Waals surface area contributed by atoms with Gasteiger partial charge in [-0.25, -0.2) is 0 Å². The van der Waals surface area contributed by atoms with Crippen LogP contribution in [0.4, 0.5) is 5.69 Å². The first-order valence-electron chi connectivity index (χ1n) is 5.77. The third-order valence-electron chi connectivity index (χ3n) is 2.27. The molecule has 104 valence electrons. The molecule has 1 amide bonds. The van der Waals surface area contributed by atoms with Gasteiger partial charge in [-0.05, 0) is 25.1 Å². The minimum Gasteiger partial charge on any atom is -0.492 e. The van der Waals surface area contributed by atoms with Crippen molar-refractivity contribution in [2.24, 2.45) is 0 Å². The van der Waals surface area contributed by atoms with Crippen molar-refractivity contribution in [3.8, 4) is 5.75 Å². The lowest BCUT2D eigenvalue weighted by molar-refractivity contribution is -0.119. The highest BCUT2D eigenvalue weighted by Gasteiger charge is 2.11. The van der Waals surface area contributed by atoms with Crippen LogP contribution in [0.3, 0.4) is 0 Å². The Kier molecular flexibility index (Phi) is 6.52. The van der Waals surface area contributed by atoms with Crippen LogP contribution in [0.1, 0.15) is 17.3 Å². The number of Topliss-reactive ketones (excluding diaryl/α,β-unsaturated/α-hetero) is 1. The number of anilines is 1. The summed E-state index contributed by atoms with van der Waals surface area (Å²) >= 11 is 3.12. The van der Waals surface area contributed by atoms with Crippen molar-refractivity contribution in [2.75, 3.05) is 31.0 Å². The number of amides is 1. The molecule has 0 saturated carbocycles. The zero-order valence-electron chi connectivity index (χ0n) is 10.9. The van der Waals surface area contributed by atoms with E-state index in [2.05, 4.69) is 21.2 Å². The van der Waals surface area contributed by atoms with Gasteiger partial charge in [0, 0.05) is 12.7 Å². The van der Waals surface area contributed by atoms with Crippen LogP contribution in [-0.4, -0.2) is 37.3 Å². The minimum absolute atomic E-state index is 0.0341. The Morgan fingerprint density at radius 3 is 2.68 bits per heavy atom. The van der Waals surface area contributed by atoms with Crippen LogP contribution in [0, 0.1) is 0 Å². The molecule has 0 aliphatic rings. The van der Waals surface area contributed by atoms with Crippen LogP contribution in [0.15, 0.2) is 18.2 Å². The fourth-order valence-electron chi connectivity index (χ4n) is 1.47. The molecule has 6 heteroatoms. The number of nitrogens with one attached hydrogen (secondary N) is 1. The molecule has 0 fully saturated rings. The fourth-order valence-corrected chi connectivity index (χ4v) is 1.79. The fraction of sp³-hybridized carbons (Fsp3) is 0.385. The number of alkyl halides is 1. The normalized spacial score (nSPS) is 10.1. The van der Waals surface area contributed by atoms with Crippen molar-refractivity contribution in [3.05, 3.63) is 23.8 Å². The Labute approximate surface area is 120 Å². The van der Waals surface area contributed by atoms with Gasteiger partial charge in [0.05, 0.1) is 17.6 Å². The van der Waals surface area contributed by atoms with E-state index < -0.39 is 0 Å². The molecule has 19 heavy (non-hydrogen) atoms. The highest BCUT2D eigenvalue weighted by Crippen LogP contribution is 2.26. The molecule has 0 heterocycles. The predicted octanol–water partition coefficient (Wildman–Crippen LogP) is 2.25. The molecule has 0 bridgehead atoms. The van der Waals surface area contributed by atoms with Gasteiger partial charge in [-0.15, -0.1) is 0 Å². The van der Waals surface area contributed by atoms with E-state index in [1.54, 1.807) is 18.2 Å². The number of methoxy groups -OCH3 is 1. The predicted molar refractivity (Wildman–Crippen MR) is 76.2 cm³/mol. The van der Waals surface area contributed by atoms with Crippen LogP contribution in [0.5, 0.6) is 5.75 Å². The summed E-state index contributed by atoms with van der Waals surface area (Å²) in [5, 5.41) is 2.91. The standard InChI is InChI=1S/C13H16BrNO4/c1-3-19-12-6-9(11(16)7-14)4-5-10(12)15-13(17)8-18-2/h4-6H,3,7-8H2,1-2H3,(H,15,17). The van der Waals surface area contributed by atoms with Gasteiger partial charge >= 0.3 is 0 Å². The molecule has 1 N–H and O–H groups in total. The first-order chi connectivity index (χ1) is 9.12. The van der Waals surface area contributed by atoms with Gasteiger partial charge in [0.2, 0.25) is 5.91 Å². The average molecular weight is 330 g/mol. The van der Waals surface area contributed by atoms with E-state index in [1.807, 2.05) is 6.92 Å². The average Bonchev–Trinajstić information content (AvgIpc) is 2.40. The lowest BCUT2D eigenvalue weighted by Gasteiger charge is -2.12. The van der Waals surface area contributed by atoms with Crippen LogP contribution < -0.4 is 10.1 Å². The van der Waals surface area contributed by atoms with Crippen molar-refractivity contribution >= 4 is 33.3 Å². The monoisotopic (exact) mass is 329 g/mol. The van der Waals surface area contributed by atoms with Crippen molar-refractivity contribution < 1.29 is 19.1 Å². The van der Waals surface area contributed by atoms with E-state index in [4.69, 9.17) is 9.47 Å². The SMILES string of the molecule is CCOc1cc(C(=O)CBr)ccc1NC(=O)COC. The largest absolute Gasteiger partial charge is 0.492 e. The van der Waals surface area contributed by atoms with E-state index in [9.17, 15) is 9.59 Å². The van der Waals surface area contributed by atoms with E-state index in [1.165, 1.54) is 7.11 Å². The third kappa shape index (κ3) is 4.65. The van der Waals surface area contributed by atoms with E-state index in [-0.39, 0.29) is 23.6 Å². The number of halogens is 1. The molecular formula is C13H16BrNO4. The Morgan fingerprint density at radius 2 is 2.11 bits per heavy atom. The van der Waals surface area contributed by atoms with Crippen LogP contribution >= 0.6 is 15.9 Å². The number of ether oxygens (including phenoxy) is 2. The lowest BCUT2D eigenvalue weighted by Crippen LogP contribution is -2.18. The summed E-state index contributed by atoms with van der Waals surface area (Å²) in [6.45, 7) is 2.24. The van der Waals surface area contributed by atoms with Gasteiger partial charge in [0.25, 0.3) is 0 Å². The Balaban J connectivity index is 2.97. The molecule has 5 nitrogen and oxygen atoms in total. The number of hydrogen-bond acceptors (Lipinski definition) is 4. The van der Waals surface area contributed by atoms with E-state index in [0.29, 0.717) is 23.6 Å². The Morgan fingerprint density at radius 1 is 1.37 bits per heavy atom. The number of ketones is 1. The van der Waals surface area contributed by atoms with Gasteiger partial charge < -0.3 is 14.8 Å². The minimum atomic E-state index is -0.275. The Hall–Kier alpha value is -1.40. The lowest BCUT2D eigenvalue weighted by atomic mass is 10.1. The molecule has 1 rings (SSSR count). The first-order valence-corrected chi connectivity index (χ1v) is 6.89. The summed E-state index contributed by atoms with van der Waals surface area (Å²) in [6.07, 6.45) is 0. The summed E-state index contributed by atoms with van der Waals surface area (Å²) < 4.78 is 10.2. The molecule has 0 unspecified atom stereocenters. The van der Waals surface area contributed by atoms with Gasteiger partial charge in [-0.2, -0.15) is 0 Å². The van der Waals surface area contributed by atoms with Crippen molar-refractivity contribution in [2.45, 2.75) is 6.92 Å². The second kappa shape index (κ2) is 7.91. The van der Waals surface area contributed by atoms with Crippen molar-refractivity contribution in [1.82, 2.24) is 0 Å². The Bertz CT molecular complexity index is 462. The molecule has 0 aliphatic heterocycles. The van der Waals surface area contributed by atoms with E-state index >= 15 is 0 Å². The zero-order chi connectivity index (χ0) is 14.3. The molecule has 0 atom stereocenters. The molecular weight excluding hydrogens is 314 g/mol. The number of rotatable bonds is 7. The second-order valence-electron chi connectivity index (χ2n) is 3.68. The maximum atomic E-state index is 11.6. The molecule has 0 aliphatic carbocycles. The summed E-state index contributed by atoms with van der Waals surface area (Å²) in [4.78, 5) is 23.1. The van der Waals surface area contributed by atoms with Crippen LogP contribution in [-0.2, 0) is 9.53 Å². The molecule has 0 spiro atoms. The number of benzene rings is 1. The molecule has 1 aromatic carbocycles. The quantitative estimate of drug-likeness (QED) is 0.615. The first kappa shape index (κ1) is 15.7. The number of carbonyl (C=O) groups is 2. The molecule has 0 radical (unpaired) electrons. The highest BCUT2D eigenvalue weighted by molar-refractivity contribution is 9.09. The molecule has 0 saturated heterocycles. The van der Waals surface area contributed by atoms with Crippen LogP contribution in [0.25, 0.3) is 0 Å². The molecule has 0 aromatic heterocycles.